The summed E-state index contributed by atoms with van der Waals surface area (Å²) in [6.07, 6.45) is -2.92. The van der Waals surface area contributed by atoms with Crippen molar-refractivity contribution in [3.63, 3.8) is 0 Å². The molecular formula is C15H23F2NO5. The molecule has 1 aliphatic rings. The van der Waals surface area contributed by atoms with E-state index in [1.807, 2.05) is 0 Å². The van der Waals surface area contributed by atoms with Gasteiger partial charge in [-0.15, -0.1) is 0 Å². The molecule has 0 aliphatic carbocycles. The van der Waals surface area contributed by atoms with Crippen molar-refractivity contribution in [1.29, 1.82) is 0 Å². The Morgan fingerprint density at radius 1 is 1.30 bits per heavy atom. The van der Waals surface area contributed by atoms with Gasteiger partial charge in [-0.1, -0.05) is 0 Å². The monoisotopic (exact) mass is 335 g/mol. The minimum absolute atomic E-state index is 0.00776. The molecule has 0 aromatic heterocycles. The normalized spacial score (nSPS) is 20.3. The highest BCUT2D eigenvalue weighted by molar-refractivity contribution is 5.82. The number of esters is 1. The Morgan fingerprint density at radius 3 is 2.48 bits per heavy atom. The van der Waals surface area contributed by atoms with Gasteiger partial charge in [-0.3, -0.25) is 0 Å². The third-order valence-corrected chi connectivity index (χ3v) is 3.23. The Hall–Kier alpha value is -1.70. The summed E-state index contributed by atoms with van der Waals surface area (Å²) in [5, 5.41) is 2.40. The molecule has 0 spiro atoms. The standard InChI is InChI=1S/C15H23F2NO5/c1-15(2,3)23-14(20)18-11(13(19)21-4)10-6-5-9(12(16)17)7-8-22-10/h10-11H,5-8H2,1-4H3,(H,18,20). The topological polar surface area (TPSA) is 73.9 Å². The zero-order valence-corrected chi connectivity index (χ0v) is 13.8. The second-order valence-electron chi connectivity index (χ2n) is 6.21. The largest absolute Gasteiger partial charge is 0.467 e. The van der Waals surface area contributed by atoms with Gasteiger partial charge >= 0.3 is 12.1 Å². The number of halogens is 2. The van der Waals surface area contributed by atoms with Gasteiger partial charge in [0.15, 0.2) is 6.04 Å². The maximum Gasteiger partial charge on any atom is 0.408 e. The Morgan fingerprint density at radius 2 is 1.96 bits per heavy atom. The molecular weight excluding hydrogens is 312 g/mol. The number of amides is 1. The Kier molecular flexibility index (Phi) is 6.93. The summed E-state index contributed by atoms with van der Waals surface area (Å²) in [5.74, 6) is -0.714. The number of nitrogens with one attached hydrogen (secondary N) is 1. The van der Waals surface area contributed by atoms with E-state index in [1.54, 1.807) is 20.8 Å². The van der Waals surface area contributed by atoms with Gasteiger partial charge in [-0.25, -0.2) is 9.59 Å². The average molecular weight is 335 g/mol. The Bertz CT molecular complexity index is 469. The first-order chi connectivity index (χ1) is 10.6. The van der Waals surface area contributed by atoms with Gasteiger partial charge in [-0.2, -0.15) is 8.78 Å². The summed E-state index contributed by atoms with van der Waals surface area (Å²) in [4.78, 5) is 23.8. The van der Waals surface area contributed by atoms with Crippen molar-refractivity contribution < 1.29 is 32.6 Å². The molecule has 1 saturated heterocycles. The van der Waals surface area contributed by atoms with E-state index in [9.17, 15) is 18.4 Å². The zero-order valence-electron chi connectivity index (χ0n) is 13.8. The first-order valence-corrected chi connectivity index (χ1v) is 7.36. The number of rotatable bonds is 3. The van der Waals surface area contributed by atoms with Crippen LogP contribution in [0.25, 0.3) is 0 Å². The summed E-state index contributed by atoms with van der Waals surface area (Å²) >= 11 is 0. The Labute approximate surface area is 134 Å². The van der Waals surface area contributed by atoms with Crippen LogP contribution in [0.4, 0.5) is 13.6 Å². The van der Waals surface area contributed by atoms with Crippen LogP contribution in [0.2, 0.25) is 0 Å². The quantitative estimate of drug-likeness (QED) is 0.803. The van der Waals surface area contributed by atoms with Crippen LogP contribution in [-0.4, -0.2) is 43.5 Å². The van der Waals surface area contributed by atoms with Crippen LogP contribution in [0.15, 0.2) is 11.7 Å². The maximum atomic E-state index is 12.7. The van der Waals surface area contributed by atoms with Crippen LogP contribution < -0.4 is 5.32 Å². The van der Waals surface area contributed by atoms with Crippen LogP contribution in [0.1, 0.15) is 40.0 Å². The Balaban J connectivity index is 2.80. The third-order valence-electron chi connectivity index (χ3n) is 3.23. The van der Waals surface area contributed by atoms with E-state index < -0.39 is 35.9 Å². The van der Waals surface area contributed by atoms with Gasteiger partial charge < -0.3 is 19.5 Å². The molecule has 1 heterocycles. The molecule has 1 fully saturated rings. The van der Waals surface area contributed by atoms with Crippen LogP contribution in [0.3, 0.4) is 0 Å². The van der Waals surface area contributed by atoms with Crippen LogP contribution in [0.5, 0.6) is 0 Å². The summed E-state index contributed by atoms with van der Waals surface area (Å²) in [6.45, 7) is 5.09. The average Bonchev–Trinajstić information content (AvgIpc) is 2.67. The highest BCUT2D eigenvalue weighted by atomic mass is 19.3. The van der Waals surface area contributed by atoms with E-state index in [4.69, 9.17) is 9.47 Å². The number of hydrogen-bond acceptors (Lipinski definition) is 5. The van der Waals surface area contributed by atoms with E-state index >= 15 is 0 Å². The summed E-state index contributed by atoms with van der Waals surface area (Å²) in [6, 6.07) is -1.11. The van der Waals surface area contributed by atoms with Gasteiger partial charge in [0.25, 0.3) is 6.08 Å². The maximum absolute atomic E-state index is 12.7. The zero-order chi connectivity index (χ0) is 17.6. The van der Waals surface area contributed by atoms with Crippen molar-refractivity contribution in [3.8, 4) is 0 Å². The summed E-state index contributed by atoms with van der Waals surface area (Å²) in [7, 11) is 1.18. The van der Waals surface area contributed by atoms with Crippen molar-refractivity contribution >= 4 is 12.1 Å². The van der Waals surface area contributed by atoms with Gasteiger partial charge in [0.05, 0.1) is 19.8 Å². The van der Waals surface area contributed by atoms with Crippen LogP contribution >= 0.6 is 0 Å². The van der Waals surface area contributed by atoms with E-state index in [-0.39, 0.29) is 31.4 Å². The fraction of sp³-hybridized carbons (Fsp3) is 0.733. The molecule has 8 heteroatoms. The lowest BCUT2D eigenvalue weighted by Crippen LogP contribution is -2.51. The number of carbonyl (C=O) groups is 2. The molecule has 1 N–H and O–H groups in total. The smallest absolute Gasteiger partial charge is 0.408 e. The van der Waals surface area contributed by atoms with Crippen molar-refractivity contribution in [2.45, 2.75) is 57.8 Å². The lowest BCUT2D eigenvalue weighted by molar-refractivity contribution is -0.147. The van der Waals surface area contributed by atoms with Crippen molar-refractivity contribution in [2.24, 2.45) is 0 Å². The van der Waals surface area contributed by atoms with Gasteiger partial charge in [0.2, 0.25) is 0 Å². The lowest BCUT2D eigenvalue weighted by atomic mass is 10.0. The highest BCUT2D eigenvalue weighted by Gasteiger charge is 2.34. The molecule has 1 rings (SSSR count). The van der Waals surface area contributed by atoms with Crippen LogP contribution in [0, 0.1) is 0 Å². The molecule has 6 nitrogen and oxygen atoms in total. The molecule has 0 bridgehead atoms. The van der Waals surface area contributed by atoms with Gasteiger partial charge in [0, 0.05) is 0 Å². The second kappa shape index (κ2) is 8.24. The highest BCUT2D eigenvalue weighted by Crippen LogP contribution is 2.25. The first-order valence-electron chi connectivity index (χ1n) is 7.36. The van der Waals surface area contributed by atoms with Crippen molar-refractivity contribution in [1.82, 2.24) is 5.32 Å². The SMILES string of the molecule is COC(=O)C(NC(=O)OC(C)(C)C)C1CCC(=C(F)F)CCO1. The molecule has 2 atom stereocenters. The molecule has 23 heavy (non-hydrogen) atoms. The third kappa shape index (κ3) is 6.52. The fourth-order valence-electron chi connectivity index (χ4n) is 2.18. The minimum Gasteiger partial charge on any atom is -0.467 e. The molecule has 0 saturated carbocycles. The summed E-state index contributed by atoms with van der Waals surface area (Å²) < 4.78 is 40.6. The van der Waals surface area contributed by atoms with E-state index in [0.29, 0.717) is 0 Å². The molecule has 0 radical (unpaired) electrons. The van der Waals surface area contributed by atoms with Crippen molar-refractivity contribution in [3.05, 3.63) is 11.7 Å². The van der Waals surface area contributed by atoms with E-state index in [1.165, 1.54) is 7.11 Å². The number of methoxy groups -OCH3 is 1. The fourth-order valence-corrected chi connectivity index (χ4v) is 2.18. The van der Waals surface area contributed by atoms with Gasteiger partial charge in [-0.05, 0) is 45.6 Å². The molecule has 0 aromatic rings. The number of hydrogen-bond donors (Lipinski definition) is 1. The number of carbonyl (C=O) groups excluding carboxylic acids is 2. The van der Waals surface area contributed by atoms with Gasteiger partial charge in [0.1, 0.15) is 5.60 Å². The summed E-state index contributed by atoms with van der Waals surface area (Å²) in [5.41, 5.74) is -0.726. The molecule has 1 amide bonds. The molecule has 0 aromatic carbocycles. The first kappa shape index (κ1) is 19.3. The molecule has 132 valence electrons. The van der Waals surface area contributed by atoms with Crippen molar-refractivity contribution in [2.75, 3.05) is 13.7 Å². The van der Waals surface area contributed by atoms with E-state index in [2.05, 4.69) is 10.1 Å². The lowest BCUT2D eigenvalue weighted by Gasteiger charge is -2.26. The number of ether oxygens (including phenoxy) is 3. The predicted octanol–water partition coefficient (Wildman–Crippen LogP) is 2.77. The molecule has 2 unspecified atom stereocenters. The number of alkyl carbamates (subject to hydrolysis) is 1. The van der Waals surface area contributed by atoms with E-state index in [0.717, 1.165) is 0 Å². The predicted molar refractivity (Wildman–Crippen MR) is 78.0 cm³/mol. The molecule has 1 aliphatic heterocycles. The van der Waals surface area contributed by atoms with Crippen LogP contribution in [-0.2, 0) is 19.0 Å². The minimum atomic E-state index is -1.72. The second-order valence-corrected chi connectivity index (χ2v) is 6.21.